The highest BCUT2D eigenvalue weighted by Crippen LogP contribution is 2.09. The van der Waals surface area contributed by atoms with Gasteiger partial charge in [-0.25, -0.2) is 4.98 Å². The molecule has 0 aliphatic rings. The molecule has 1 rings (SSSR count). The first-order valence-electron chi connectivity index (χ1n) is 3.90. The Morgan fingerprint density at radius 3 is 3.00 bits per heavy atom. The van der Waals surface area contributed by atoms with E-state index in [0.29, 0.717) is 4.64 Å². The largest absolute Gasteiger partial charge is 0.381 e. The van der Waals surface area contributed by atoms with Gasteiger partial charge in [-0.05, 0) is 22.9 Å². The van der Waals surface area contributed by atoms with Gasteiger partial charge in [-0.15, -0.1) is 0 Å². The predicted octanol–water partition coefficient (Wildman–Crippen LogP) is 2.48. The van der Waals surface area contributed by atoms with Crippen molar-refractivity contribution < 1.29 is 4.74 Å². The van der Waals surface area contributed by atoms with Gasteiger partial charge in [0, 0.05) is 19.7 Å². The van der Waals surface area contributed by atoms with Crippen LogP contribution in [0.4, 0.5) is 0 Å². The van der Waals surface area contributed by atoms with E-state index in [-0.39, 0.29) is 6.10 Å². The lowest BCUT2D eigenvalue weighted by Gasteiger charge is -2.07. The summed E-state index contributed by atoms with van der Waals surface area (Å²) in [7, 11) is 1.68. The van der Waals surface area contributed by atoms with Crippen LogP contribution in [0.25, 0.3) is 0 Å². The molecular formula is C8H11BrN2OS. The van der Waals surface area contributed by atoms with Gasteiger partial charge < -0.3 is 9.72 Å². The lowest BCUT2D eigenvalue weighted by molar-refractivity contribution is 0.117. The molecule has 13 heavy (non-hydrogen) atoms. The van der Waals surface area contributed by atoms with Crippen molar-refractivity contribution in [3.63, 3.8) is 0 Å². The average Bonchev–Trinajstić information content (AvgIpc) is 2.11. The van der Waals surface area contributed by atoms with E-state index >= 15 is 0 Å². The fourth-order valence-corrected chi connectivity index (χ4v) is 1.25. The Morgan fingerprint density at radius 2 is 2.46 bits per heavy atom. The molecule has 0 aliphatic carbocycles. The first-order chi connectivity index (χ1) is 6.13. The van der Waals surface area contributed by atoms with E-state index in [9.17, 15) is 0 Å². The van der Waals surface area contributed by atoms with Gasteiger partial charge in [0.15, 0.2) is 0 Å². The lowest BCUT2D eigenvalue weighted by Crippen LogP contribution is -2.11. The van der Waals surface area contributed by atoms with Crippen LogP contribution in [0.3, 0.4) is 0 Å². The highest BCUT2D eigenvalue weighted by Gasteiger charge is 2.03. The van der Waals surface area contributed by atoms with Crippen molar-refractivity contribution in [3.05, 3.63) is 21.1 Å². The molecule has 5 heteroatoms. The van der Waals surface area contributed by atoms with Crippen LogP contribution in [-0.2, 0) is 11.2 Å². The number of H-pyrrole nitrogens is 1. The van der Waals surface area contributed by atoms with E-state index in [1.165, 1.54) is 0 Å². The number of hydrogen-bond acceptors (Lipinski definition) is 3. The van der Waals surface area contributed by atoms with Crippen molar-refractivity contribution in [1.82, 2.24) is 9.97 Å². The summed E-state index contributed by atoms with van der Waals surface area (Å²) in [6.45, 7) is 1.99. The Kier molecular flexibility index (Phi) is 4.02. The maximum Gasteiger partial charge on any atom is 0.120 e. The number of aromatic nitrogens is 2. The Balaban J connectivity index is 2.80. The molecule has 1 unspecified atom stereocenters. The van der Waals surface area contributed by atoms with E-state index in [0.717, 1.165) is 16.7 Å². The number of aromatic amines is 1. The second-order valence-corrected chi connectivity index (χ2v) is 4.02. The zero-order chi connectivity index (χ0) is 9.84. The number of rotatable bonds is 3. The monoisotopic (exact) mass is 262 g/mol. The van der Waals surface area contributed by atoms with Crippen LogP contribution in [0.1, 0.15) is 12.7 Å². The minimum Gasteiger partial charge on any atom is -0.381 e. The SMILES string of the molecule is COC(C)Cc1ncc(Br)c(=S)[nH]1. The van der Waals surface area contributed by atoms with Crippen LogP contribution in [0.5, 0.6) is 0 Å². The predicted molar refractivity (Wildman–Crippen MR) is 57.3 cm³/mol. The normalized spacial score (nSPS) is 12.8. The first kappa shape index (κ1) is 10.8. The zero-order valence-corrected chi connectivity index (χ0v) is 9.91. The standard InChI is InChI=1S/C8H11BrN2OS/c1-5(12-2)3-7-10-4-6(9)8(13)11-7/h4-5H,3H2,1-2H3,(H,10,11,13). The molecule has 0 saturated heterocycles. The average molecular weight is 263 g/mol. The van der Waals surface area contributed by atoms with Crippen LogP contribution in [-0.4, -0.2) is 23.2 Å². The molecular weight excluding hydrogens is 252 g/mol. The van der Waals surface area contributed by atoms with Crippen molar-refractivity contribution in [2.45, 2.75) is 19.4 Å². The fourth-order valence-electron chi connectivity index (χ4n) is 0.876. The summed E-state index contributed by atoms with van der Waals surface area (Å²) in [5.74, 6) is 0.850. The van der Waals surface area contributed by atoms with Crippen LogP contribution >= 0.6 is 28.1 Å². The maximum absolute atomic E-state index is 5.12. The third kappa shape index (κ3) is 3.17. The summed E-state index contributed by atoms with van der Waals surface area (Å²) in [6.07, 6.45) is 2.60. The zero-order valence-electron chi connectivity index (χ0n) is 7.50. The Labute approximate surface area is 90.7 Å². The van der Waals surface area contributed by atoms with E-state index < -0.39 is 0 Å². The molecule has 0 spiro atoms. The smallest absolute Gasteiger partial charge is 0.120 e. The summed E-state index contributed by atoms with van der Waals surface area (Å²) in [6, 6.07) is 0. The quantitative estimate of drug-likeness (QED) is 0.851. The summed E-state index contributed by atoms with van der Waals surface area (Å²) >= 11 is 8.33. The molecule has 1 atom stereocenters. The Morgan fingerprint density at radius 1 is 1.77 bits per heavy atom. The maximum atomic E-state index is 5.12. The van der Waals surface area contributed by atoms with Gasteiger partial charge in [-0.1, -0.05) is 12.2 Å². The second-order valence-electron chi connectivity index (χ2n) is 2.76. The fraction of sp³-hybridized carbons (Fsp3) is 0.500. The van der Waals surface area contributed by atoms with Gasteiger partial charge >= 0.3 is 0 Å². The van der Waals surface area contributed by atoms with Gasteiger partial charge in [-0.2, -0.15) is 0 Å². The molecule has 72 valence electrons. The molecule has 1 aromatic heterocycles. The third-order valence-corrected chi connectivity index (χ3v) is 2.88. The summed E-state index contributed by atoms with van der Waals surface area (Å²) in [5.41, 5.74) is 0. The lowest BCUT2D eigenvalue weighted by atomic mass is 10.3. The van der Waals surface area contributed by atoms with Crippen molar-refractivity contribution in [2.24, 2.45) is 0 Å². The molecule has 0 fully saturated rings. The molecule has 1 heterocycles. The number of ether oxygens (including phenoxy) is 1. The van der Waals surface area contributed by atoms with Gasteiger partial charge in [0.25, 0.3) is 0 Å². The molecule has 1 aromatic rings. The second kappa shape index (κ2) is 4.83. The summed E-state index contributed by atoms with van der Waals surface area (Å²) in [4.78, 5) is 7.20. The van der Waals surface area contributed by atoms with Crippen molar-refractivity contribution in [2.75, 3.05) is 7.11 Å². The number of nitrogens with zero attached hydrogens (tertiary/aromatic N) is 1. The van der Waals surface area contributed by atoms with Crippen molar-refractivity contribution >= 4 is 28.1 Å². The minimum absolute atomic E-state index is 0.152. The molecule has 0 radical (unpaired) electrons. The Bertz CT molecular complexity index is 339. The van der Waals surface area contributed by atoms with Crippen LogP contribution in [0.15, 0.2) is 10.7 Å². The highest BCUT2D eigenvalue weighted by molar-refractivity contribution is 9.10. The van der Waals surface area contributed by atoms with Gasteiger partial charge in [0.2, 0.25) is 0 Å². The van der Waals surface area contributed by atoms with Gasteiger partial charge in [-0.3, -0.25) is 0 Å². The van der Waals surface area contributed by atoms with E-state index in [2.05, 4.69) is 25.9 Å². The Hall–Kier alpha value is -0.260. The van der Waals surface area contributed by atoms with Crippen molar-refractivity contribution in [1.29, 1.82) is 0 Å². The number of hydrogen-bond donors (Lipinski definition) is 1. The highest BCUT2D eigenvalue weighted by atomic mass is 79.9. The summed E-state index contributed by atoms with van der Waals surface area (Å²) in [5, 5.41) is 0. The van der Waals surface area contributed by atoms with E-state index in [1.807, 2.05) is 6.92 Å². The third-order valence-electron chi connectivity index (χ3n) is 1.69. The molecule has 0 bridgehead atoms. The van der Waals surface area contributed by atoms with Crippen LogP contribution < -0.4 is 0 Å². The first-order valence-corrected chi connectivity index (χ1v) is 5.10. The molecule has 3 nitrogen and oxygen atoms in total. The minimum atomic E-state index is 0.152. The summed E-state index contributed by atoms with van der Waals surface area (Å²) < 4.78 is 6.61. The van der Waals surface area contributed by atoms with Crippen molar-refractivity contribution in [3.8, 4) is 0 Å². The molecule has 0 saturated carbocycles. The topological polar surface area (TPSA) is 37.9 Å². The van der Waals surface area contributed by atoms with Crippen LogP contribution in [0, 0.1) is 4.64 Å². The van der Waals surface area contributed by atoms with E-state index in [4.69, 9.17) is 17.0 Å². The molecule has 0 aromatic carbocycles. The number of nitrogens with one attached hydrogen (secondary N) is 1. The molecule has 0 amide bonds. The van der Waals surface area contributed by atoms with Gasteiger partial charge in [0.1, 0.15) is 10.5 Å². The van der Waals surface area contributed by atoms with Crippen LogP contribution in [0.2, 0.25) is 0 Å². The van der Waals surface area contributed by atoms with Gasteiger partial charge in [0.05, 0.1) is 10.6 Å². The number of methoxy groups -OCH3 is 1. The molecule has 0 aliphatic heterocycles. The molecule has 1 N–H and O–H groups in total. The number of halogens is 1. The van der Waals surface area contributed by atoms with E-state index in [1.54, 1.807) is 13.3 Å².